The van der Waals surface area contributed by atoms with Gasteiger partial charge in [-0.25, -0.2) is 8.42 Å². The summed E-state index contributed by atoms with van der Waals surface area (Å²) in [4.78, 5) is 4.40. The fraction of sp³-hybridized carbons (Fsp3) is 0.400. The molecule has 1 saturated heterocycles. The molecule has 3 N–H and O–H groups in total. The van der Waals surface area contributed by atoms with Gasteiger partial charge in [0.15, 0.2) is 9.84 Å². The van der Waals surface area contributed by atoms with Crippen molar-refractivity contribution < 1.29 is 8.42 Å². The van der Waals surface area contributed by atoms with Crippen molar-refractivity contribution in [2.75, 3.05) is 5.75 Å². The SMILES string of the molecule is NNC(c1cnc2ccccc2c1)C1CCCCS1(=O)=O. The molecule has 3 rings (SSSR count). The smallest absolute Gasteiger partial charge is 0.155 e. The van der Waals surface area contributed by atoms with E-state index in [4.69, 9.17) is 5.84 Å². The number of fused-ring (bicyclic) bond motifs is 1. The molecule has 2 atom stereocenters. The summed E-state index contributed by atoms with van der Waals surface area (Å²) in [5, 5.41) is 0.516. The maximum absolute atomic E-state index is 12.3. The van der Waals surface area contributed by atoms with Crippen LogP contribution in [-0.4, -0.2) is 24.4 Å². The lowest BCUT2D eigenvalue weighted by molar-refractivity contribution is 0.453. The van der Waals surface area contributed by atoms with Gasteiger partial charge in [0.25, 0.3) is 0 Å². The number of nitrogens with zero attached hydrogens (tertiary/aromatic N) is 1. The molecular weight excluding hydrogens is 286 g/mol. The number of aromatic nitrogens is 1. The minimum atomic E-state index is -3.11. The highest BCUT2D eigenvalue weighted by molar-refractivity contribution is 7.92. The van der Waals surface area contributed by atoms with Crippen molar-refractivity contribution in [3.63, 3.8) is 0 Å². The highest BCUT2D eigenvalue weighted by Gasteiger charge is 2.36. The molecule has 1 aromatic carbocycles. The number of pyridine rings is 1. The number of rotatable bonds is 3. The molecule has 1 aliphatic heterocycles. The van der Waals surface area contributed by atoms with E-state index in [1.54, 1.807) is 6.20 Å². The van der Waals surface area contributed by atoms with E-state index in [0.29, 0.717) is 6.42 Å². The largest absolute Gasteiger partial charge is 0.271 e. The quantitative estimate of drug-likeness (QED) is 0.666. The Morgan fingerprint density at radius 2 is 2.10 bits per heavy atom. The maximum Gasteiger partial charge on any atom is 0.155 e. The van der Waals surface area contributed by atoms with Crippen LogP contribution in [0.15, 0.2) is 36.5 Å². The van der Waals surface area contributed by atoms with Gasteiger partial charge in [-0.1, -0.05) is 24.6 Å². The van der Waals surface area contributed by atoms with Gasteiger partial charge < -0.3 is 0 Å². The van der Waals surface area contributed by atoms with Gasteiger partial charge in [0.1, 0.15) is 0 Å². The van der Waals surface area contributed by atoms with Crippen LogP contribution in [0.4, 0.5) is 0 Å². The van der Waals surface area contributed by atoms with Gasteiger partial charge in [-0.2, -0.15) is 0 Å². The first kappa shape index (κ1) is 14.4. The van der Waals surface area contributed by atoms with Crippen molar-refractivity contribution >= 4 is 20.7 Å². The van der Waals surface area contributed by atoms with Gasteiger partial charge in [-0.3, -0.25) is 16.3 Å². The van der Waals surface area contributed by atoms with Gasteiger partial charge >= 0.3 is 0 Å². The summed E-state index contributed by atoms with van der Waals surface area (Å²) in [5.74, 6) is 5.91. The van der Waals surface area contributed by atoms with Crippen molar-refractivity contribution in [2.45, 2.75) is 30.6 Å². The van der Waals surface area contributed by atoms with Crippen LogP contribution in [0.2, 0.25) is 0 Å². The molecule has 21 heavy (non-hydrogen) atoms. The third-order valence-corrected chi connectivity index (χ3v) is 6.44. The lowest BCUT2D eigenvalue weighted by Gasteiger charge is -2.29. The molecule has 2 heterocycles. The van der Waals surface area contributed by atoms with Crippen molar-refractivity contribution in [1.82, 2.24) is 10.4 Å². The fourth-order valence-corrected chi connectivity index (χ4v) is 5.12. The molecule has 1 aliphatic rings. The molecule has 0 saturated carbocycles. The summed E-state index contributed by atoms with van der Waals surface area (Å²) in [6.45, 7) is 0. The van der Waals surface area contributed by atoms with Crippen LogP contribution in [0.5, 0.6) is 0 Å². The van der Waals surface area contributed by atoms with Crippen LogP contribution >= 0.6 is 0 Å². The minimum Gasteiger partial charge on any atom is -0.271 e. The zero-order valence-corrected chi connectivity index (χ0v) is 12.5. The van der Waals surface area contributed by atoms with Crippen LogP contribution in [0.3, 0.4) is 0 Å². The lowest BCUT2D eigenvalue weighted by atomic mass is 10.00. The summed E-state index contributed by atoms with van der Waals surface area (Å²) < 4.78 is 24.6. The first-order chi connectivity index (χ1) is 10.1. The Labute approximate surface area is 124 Å². The Kier molecular flexibility index (Phi) is 3.93. The Morgan fingerprint density at radius 3 is 2.86 bits per heavy atom. The first-order valence-electron chi connectivity index (χ1n) is 7.14. The van der Waals surface area contributed by atoms with Crippen molar-refractivity contribution in [3.05, 3.63) is 42.1 Å². The van der Waals surface area contributed by atoms with Crippen LogP contribution in [0.25, 0.3) is 10.9 Å². The molecular formula is C15H19N3O2S. The van der Waals surface area contributed by atoms with Crippen molar-refractivity contribution in [3.8, 4) is 0 Å². The molecule has 112 valence electrons. The third kappa shape index (κ3) is 2.79. The predicted molar refractivity (Wildman–Crippen MR) is 83.2 cm³/mol. The van der Waals surface area contributed by atoms with Gasteiger partial charge in [0, 0.05) is 11.6 Å². The number of nitrogens with two attached hydrogens (primary N) is 1. The fourth-order valence-electron chi connectivity index (χ4n) is 3.03. The van der Waals surface area contributed by atoms with Crippen molar-refractivity contribution in [1.29, 1.82) is 0 Å². The van der Waals surface area contributed by atoms with E-state index in [1.807, 2.05) is 30.3 Å². The maximum atomic E-state index is 12.3. The zero-order valence-electron chi connectivity index (χ0n) is 11.7. The molecule has 0 amide bonds. The molecule has 2 aromatic rings. The van der Waals surface area contributed by atoms with Crippen LogP contribution in [0, 0.1) is 0 Å². The van der Waals surface area contributed by atoms with Crippen LogP contribution in [-0.2, 0) is 9.84 Å². The zero-order chi connectivity index (χ0) is 14.9. The average Bonchev–Trinajstić information content (AvgIpc) is 2.49. The normalized spacial score (nSPS) is 23.0. The number of hydrogen-bond acceptors (Lipinski definition) is 5. The molecule has 1 aromatic heterocycles. The summed E-state index contributed by atoms with van der Waals surface area (Å²) in [6.07, 6.45) is 4.02. The summed E-state index contributed by atoms with van der Waals surface area (Å²) >= 11 is 0. The molecule has 1 fully saturated rings. The highest BCUT2D eigenvalue weighted by Crippen LogP contribution is 2.31. The number of sulfone groups is 1. The number of hydrogen-bond donors (Lipinski definition) is 2. The second kappa shape index (κ2) is 5.71. The second-order valence-corrected chi connectivity index (χ2v) is 7.85. The Balaban J connectivity index is 2.01. The molecule has 0 spiro atoms. The average molecular weight is 305 g/mol. The van der Waals surface area contributed by atoms with E-state index >= 15 is 0 Å². The highest BCUT2D eigenvalue weighted by atomic mass is 32.2. The van der Waals surface area contributed by atoms with E-state index in [1.165, 1.54) is 0 Å². The topological polar surface area (TPSA) is 85.1 Å². The summed E-state index contributed by atoms with van der Waals surface area (Å²) in [7, 11) is -3.11. The van der Waals surface area contributed by atoms with E-state index in [-0.39, 0.29) is 5.75 Å². The number of benzene rings is 1. The third-order valence-electron chi connectivity index (χ3n) is 4.15. The van der Waals surface area contributed by atoms with Crippen LogP contribution < -0.4 is 11.3 Å². The predicted octanol–water partition coefficient (Wildman–Crippen LogP) is 1.71. The van der Waals surface area contributed by atoms with Gasteiger partial charge in [-0.15, -0.1) is 0 Å². The molecule has 0 radical (unpaired) electrons. The number of nitrogens with one attached hydrogen (secondary N) is 1. The van der Waals surface area contributed by atoms with E-state index < -0.39 is 21.1 Å². The van der Waals surface area contributed by atoms with E-state index in [0.717, 1.165) is 29.3 Å². The van der Waals surface area contributed by atoms with Gasteiger partial charge in [0.2, 0.25) is 0 Å². The van der Waals surface area contributed by atoms with E-state index in [9.17, 15) is 8.42 Å². The van der Waals surface area contributed by atoms with Crippen molar-refractivity contribution in [2.24, 2.45) is 5.84 Å². The standard InChI is InChI=1S/C15H19N3O2S/c16-18-15(14-7-3-4-8-21(14,19)20)12-9-11-5-1-2-6-13(11)17-10-12/h1-2,5-6,9-10,14-15,18H,3-4,7-8,16H2. The Hall–Kier alpha value is -1.50. The van der Waals surface area contributed by atoms with E-state index in [2.05, 4.69) is 10.4 Å². The lowest BCUT2D eigenvalue weighted by Crippen LogP contribution is -2.43. The second-order valence-electron chi connectivity index (χ2n) is 5.51. The number of hydrazine groups is 1. The Bertz CT molecular complexity index is 745. The molecule has 0 aliphatic carbocycles. The van der Waals surface area contributed by atoms with Gasteiger partial charge in [0.05, 0.1) is 22.6 Å². The summed E-state index contributed by atoms with van der Waals surface area (Å²) in [6, 6.07) is 9.33. The molecule has 2 unspecified atom stereocenters. The number of para-hydroxylation sites is 1. The molecule has 6 heteroatoms. The molecule has 0 bridgehead atoms. The first-order valence-corrected chi connectivity index (χ1v) is 8.86. The van der Waals surface area contributed by atoms with Gasteiger partial charge in [-0.05, 0) is 30.5 Å². The Morgan fingerprint density at radius 1 is 1.29 bits per heavy atom. The van der Waals surface area contributed by atoms with Crippen LogP contribution in [0.1, 0.15) is 30.9 Å². The molecule has 5 nitrogen and oxygen atoms in total. The monoisotopic (exact) mass is 305 g/mol. The summed E-state index contributed by atoms with van der Waals surface area (Å²) in [5.41, 5.74) is 4.41. The minimum absolute atomic E-state index is 0.247.